The van der Waals surface area contributed by atoms with Crippen molar-refractivity contribution in [1.29, 1.82) is 0 Å². The number of nitrogens with zero attached hydrogens (tertiary/aromatic N) is 1. The molecule has 0 bridgehead atoms. The Kier molecular flexibility index (Phi) is 2.48. The molecular formula is C18H14N2O. The van der Waals surface area contributed by atoms with Crippen LogP contribution in [0.25, 0.3) is 33.3 Å². The molecule has 0 saturated heterocycles. The quantitative estimate of drug-likeness (QED) is 0.518. The molecule has 102 valence electrons. The molecule has 0 amide bonds. The molecule has 3 heteroatoms. The van der Waals surface area contributed by atoms with Crippen LogP contribution in [-0.4, -0.2) is 4.98 Å². The van der Waals surface area contributed by atoms with Crippen molar-refractivity contribution < 1.29 is 4.42 Å². The van der Waals surface area contributed by atoms with E-state index in [4.69, 9.17) is 10.2 Å². The van der Waals surface area contributed by atoms with Crippen LogP contribution in [0.1, 0.15) is 5.56 Å². The molecule has 4 rings (SSSR count). The topological polar surface area (TPSA) is 52.0 Å². The van der Waals surface area contributed by atoms with Crippen molar-refractivity contribution in [2.75, 3.05) is 5.73 Å². The zero-order valence-electron chi connectivity index (χ0n) is 11.6. The number of oxazole rings is 1. The van der Waals surface area contributed by atoms with E-state index in [1.807, 2.05) is 48.5 Å². The monoisotopic (exact) mass is 274 g/mol. The lowest BCUT2D eigenvalue weighted by Gasteiger charge is -2.01. The Bertz CT molecular complexity index is 969. The highest BCUT2D eigenvalue weighted by atomic mass is 16.3. The fourth-order valence-corrected chi connectivity index (χ4v) is 2.71. The number of nitrogen functional groups attached to an aromatic ring is 1. The third-order valence-electron chi connectivity index (χ3n) is 3.80. The first-order chi connectivity index (χ1) is 10.2. The number of fused-ring (bicyclic) bond motifs is 3. The highest BCUT2D eigenvalue weighted by Gasteiger charge is 2.13. The Morgan fingerprint density at radius 2 is 1.67 bits per heavy atom. The number of hydrogen-bond donors (Lipinski definition) is 1. The summed E-state index contributed by atoms with van der Waals surface area (Å²) in [6.07, 6.45) is 0. The van der Waals surface area contributed by atoms with Gasteiger partial charge in [0, 0.05) is 22.0 Å². The average molecular weight is 274 g/mol. The van der Waals surface area contributed by atoms with Gasteiger partial charge < -0.3 is 10.2 Å². The van der Waals surface area contributed by atoms with Crippen molar-refractivity contribution in [1.82, 2.24) is 4.98 Å². The highest BCUT2D eigenvalue weighted by molar-refractivity contribution is 6.09. The van der Waals surface area contributed by atoms with Gasteiger partial charge in [0.15, 0.2) is 5.58 Å². The predicted octanol–water partition coefficient (Wildman–Crippen LogP) is 4.54. The lowest BCUT2D eigenvalue weighted by molar-refractivity contribution is 0.622. The van der Waals surface area contributed by atoms with Crippen molar-refractivity contribution in [2.45, 2.75) is 6.92 Å². The van der Waals surface area contributed by atoms with E-state index >= 15 is 0 Å². The summed E-state index contributed by atoms with van der Waals surface area (Å²) in [6.45, 7) is 2.05. The van der Waals surface area contributed by atoms with Crippen LogP contribution < -0.4 is 5.73 Å². The number of aryl methyl sites for hydroxylation is 1. The minimum atomic E-state index is 0.638. The van der Waals surface area contributed by atoms with Crippen molar-refractivity contribution in [3.05, 3.63) is 60.2 Å². The molecule has 0 saturated carbocycles. The summed E-state index contributed by atoms with van der Waals surface area (Å²) in [6, 6.07) is 17.9. The van der Waals surface area contributed by atoms with Crippen LogP contribution in [0.4, 0.5) is 5.69 Å². The van der Waals surface area contributed by atoms with Gasteiger partial charge in [-0.2, -0.15) is 0 Å². The lowest BCUT2D eigenvalue weighted by Crippen LogP contribution is -1.87. The van der Waals surface area contributed by atoms with E-state index in [9.17, 15) is 0 Å². The van der Waals surface area contributed by atoms with Gasteiger partial charge in [-0.1, -0.05) is 42.5 Å². The molecular weight excluding hydrogens is 260 g/mol. The van der Waals surface area contributed by atoms with Crippen LogP contribution >= 0.6 is 0 Å². The Hall–Kier alpha value is -2.81. The molecule has 0 unspecified atom stereocenters. The lowest BCUT2D eigenvalue weighted by atomic mass is 10.1. The van der Waals surface area contributed by atoms with Crippen molar-refractivity contribution in [3.8, 4) is 11.5 Å². The molecule has 0 spiro atoms. The maximum Gasteiger partial charge on any atom is 0.227 e. The molecule has 0 atom stereocenters. The molecule has 0 fully saturated rings. The third kappa shape index (κ3) is 1.78. The summed E-state index contributed by atoms with van der Waals surface area (Å²) < 4.78 is 6.04. The number of aromatic nitrogens is 1. The summed E-state index contributed by atoms with van der Waals surface area (Å²) in [5.41, 5.74) is 10.6. The molecule has 0 radical (unpaired) electrons. The van der Waals surface area contributed by atoms with E-state index in [-0.39, 0.29) is 0 Å². The number of nitrogens with two attached hydrogens (primary N) is 1. The van der Waals surface area contributed by atoms with Crippen LogP contribution in [0.3, 0.4) is 0 Å². The van der Waals surface area contributed by atoms with E-state index in [0.717, 1.165) is 38.7 Å². The maximum absolute atomic E-state index is 6.12. The molecule has 1 heterocycles. The fourth-order valence-electron chi connectivity index (χ4n) is 2.71. The maximum atomic E-state index is 6.12. The first kappa shape index (κ1) is 12.0. The van der Waals surface area contributed by atoms with Crippen molar-refractivity contribution in [3.63, 3.8) is 0 Å². The number of benzene rings is 3. The van der Waals surface area contributed by atoms with Gasteiger partial charge in [-0.05, 0) is 24.6 Å². The summed E-state index contributed by atoms with van der Waals surface area (Å²) in [5, 5.41) is 2.00. The second-order valence-corrected chi connectivity index (χ2v) is 5.19. The summed E-state index contributed by atoms with van der Waals surface area (Å²) in [7, 11) is 0. The molecule has 1 aromatic heterocycles. The Balaban J connectivity index is 2.07. The Morgan fingerprint density at radius 1 is 0.952 bits per heavy atom. The van der Waals surface area contributed by atoms with E-state index in [1.54, 1.807) is 0 Å². The molecule has 2 N–H and O–H groups in total. The minimum Gasteiger partial charge on any atom is -0.435 e. The van der Waals surface area contributed by atoms with Crippen molar-refractivity contribution in [2.24, 2.45) is 0 Å². The summed E-state index contributed by atoms with van der Waals surface area (Å²) >= 11 is 0. The van der Waals surface area contributed by atoms with Crippen LogP contribution in [0.5, 0.6) is 0 Å². The van der Waals surface area contributed by atoms with Gasteiger partial charge in [-0.25, -0.2) is 4.98 Å². The molecule has 0 aliphatic heterocycles. The van der Waals surface area contributed by atoms with Gasteiger partial charge in [0.2, 0.25) is 5.89 Å². The van der Waals surface area contributed by atoms with E-state index in [0.29, 0.717) is 5.89 Å². The molecule has 3 aromatic carbocycles. The van der Waals surface area contributed by atoms with E-state index in [2.05, 4.69) is 18.0 Å². The highest BCUT2D eigenvalue weighted by Crippen LogP contribution is 2.34. The zero-order chi connectivity index (χ0) is 14.4. The van der Waals surface area contributed by atoms with Gasteiger partial charge in [-0.15, -0.1) is 0 Å². The van der Waals surface area contributed by atoms with Gasteiger partial charge in [0.25, 0.3) is 0 Å². The number of anilines is 1. The smallest absolute Gasteiger partial charge is 0.227 e. The SMILES string of the molecule is Cc1ccccc1-c1nc2cc(N)c3ccccc3c2o1. The minimum absolute atomic E-state index is 0.638. The third-order valence-corrected chi connectivity index (χ3v) is 3.80. The molecule has 4 aromatic rings. The second kappa shape index (κ2) is 4.35. The molecule has 0 aliphatic rings. The summed E-state index contributed by atoms with van der Waals surface area (Å²) in [4.78, 5) is 4.61. The predicted molar refractivity (Wildman–Crippen MR) is 86.1 cm³/mol. The zero-order valence-corrected chi connectivity index (χ0v) is 11.6. The number of hydrogen-bond acceptors (Lipinski definition) is 3. The van der Waals surface area contributed by atoms with E-state index in [1.165, 1.54) is 0 Å². The van der Waals surface area contributed by atoms with Gasteiger partial charge >= 0.3 is 0 Å². The standard InChI is InChI=1S/C18H14N2O/c1-11-6-2-3-7-12(11)18-20-16-10-15(19)13-8-4-5-9-14(13)17(16)21-18/h2-10H,19H2,1H3. The van der Waals surface area contributed by atoms with Crippen molar-refractivity contribution >= 4 is 27.6 Å². The fraction of sp³-hybridized carbons (Fsp3) is 0.0556. The summed E-state index contributed by atoms with van der Waals surface area (Å²) in [5.74, 6) is 0.638. The molecule has 21 heavy (non-hydrogen) atoms. The Morgan fingerprint density at radius 3 is 2.48 bits per heavy atom. The normalized spacial score (nSPS) is 11.3. The second-order valence-electron chi connectivity index (χ2n) is 5.19. The van der Waals surface area contributed by atoms with Crippen LogP contribution in [-0.2, 0) is 0 Å². The van der Waals surface area contributed by atoms with Crippen LogP contribution in [0.15, 0.2) is 59.0 Å². The number of rotatable bonds is 1. The average Bonchev–Trinajstić information content (AvgIpc) is 2.92. The van der Waals surface area contributed by atoms with Gasteiger partial charge in [0.1, 0.15) is 5.52 Å². The first-order valence-corrected chi connectivity index (χ1v) is 6.88. The molecule has 0 aliphatic carbocycles. The van der Waals surface area contributed by atoms with E-state index < -0.39 is 0 Å². The van der Waals surface area contributed by atoms with Gasteiger partial charge in [0.05, 0.1) is 0 Å². The largest absolute Gasteiger partial charge is 0.435 e. The Labute approximate surface area is 122 Å². The van der Waals surface area contributed by atoms with Crippen LogP contribution in [0, 0.1) is 6.92 Å². The molecule has 3 nitrogen and oxygen atoms in total. The van der Waals surface area contributed by atoms with Crippen LogP contribution in [0.2, 0.25) is 0 Å². The first-order valence-electron chi connectivity index (χ1n) is 6.88. The van der Waals surface area contributed by atoms with Gasteiger partial charge in [-0.3, -0.25) is 0 Å².